The number of hydrogen-bond donors (Lipinski definition) is 1. The molecule has 1 saturated heterocycles. The fourth-order valence-corrected chi connectivity index (χ4v) is 3.69. The number of allylic oxidation sites excluding steroid dienone is 1. The molecule has 0 saturated carbocycles. The molecule has 1 fully saturated rings. The summed E-state index contributed by atoms with van der Waals surface area (Å²) < 4.78 is 13.9. The lowest BCUT2D eigenvalue weighted by atomic mass is 9.99. The Morgan fingerprint density at radius 3 is 2.64 bits per heavy atom. The third-order valence-electron chi connectivity index (χ3n) is 4.92. The second-order valence-corrected chi connectivity index (χ2v) is 7.02. The molecule has 0 bridgehead atoms. The first-order valence-electron chi connectivity index (χ1n) is 9.10. The molecule has 1 aromatic rings. The molecule has 6 nitrogen and oxygen atoms in total. The van der Waals surface area contributed by atoms with E-state index in [0.29, 0.717) is 55.4 Å². The maximum Gasteiger partial charge on any atom is 0.324 e. The first-order chi connectivity index (χ1) is 13.5. The van der Waals surface area contributed by atoms with Crippen LogP contribution in [0.25, 0.3) is 0 Å². The van der Waals surface area contributed by atoms with Gasteiger partial charge in [0.05, 0.1) is 11.8 Å². The minimum atomic E-state index is -0.714. The molecule has 0 spiro atoms. The first-order valence-corrected chi connectivity index (χ1v) is 9.48. The maximum atomic E-state index is 13.9. The molecule has 8 heteroatoms. The van der Waals surface area contributed by atoms with Crippen molar-refractivity contribution in [2.75, 3.05) is 37.6 Å². The van der Waals surface area contributed by atoms with Gasteiger partial charge in [0.25, 0.3) is 0 Å². The second-order valence-electron chi connectivity index (χ2n) is 6.59. The highest BCUT2D eigenvalue weighted by molar-refractivity contribution is 6.30. The van der Waals surface area contributed by atoms with Gasteiger partial charge < -0.3 is 14.9 Å². The van der Waals surface area contributed by atoms with Gasteiger partial charge in [0, 0.05) is 49.5 Å². The van der Waals surface area contributed by atoms with Crippen LogP contribution in [0.3, 0.4) is 0 Å². The van der Waals surface area contributed by atoms with Crippen molar-refractivity contribution in [1.82, 2.24) is 9.80 Å². The lowest BCUT2D eigenvalue weighted by Gasteiger charge is -2.40. The number of urea groups is 1. The van der Waals surface area contributed by atoms with E-state index < -0.39 is 11.9 Å². The van der Waals surface area contributed by atoms with Crippen LogP contribution in [0, 0.1) is 12.3 Å². The summed E-state index contributed by atoms with van der Waals surface area (Å²) >= 11 is 6.04. The number of fused-ring (bicyclic) bond motifs is 1. The van der Waals surface area contributed by atoms with Gasteiger partial charge in [0.1, 0.15) is 0 Å². The van der Waals surface area contributed by atoms with Crippen molar-refractivity contribution in [3.05, 3.63) is 40.4 Å². The quantitative estimate of drug-likeness (QED) is 0.608. The molecule has 1 N–H and O–H groups in total. The maximum absolute atomic E-state index is 13.9. The number of carbonyl (C=O) groups is 1. The normalized spacial score (nSPS) is 20.7. The van der Waals surface area contributed by atoms with Gasteiger partial charge in [0.2, 0.25) is 5.83 Å². The van der Waals surface area contributed by atoms with Crippen LogP contribution in [-0.4, -0.2) is 59.9 Å². The standard InChI is InChI=1S/C20H22ClFN4O2/c1-3-16(22)19(23-4-2)24-9-11-25(12-10-24)20(28)26-8-7-18(27)15-13-14(21)5-6-17(15)26/h1,4-6,13,18,27H,7-12H2,2H3/b19-16-,23-4-. The number of amides is 2. The van der Waals surface area contributed by atoms with Crippen molar-refractivity contribution in [3.63, 3.8) is 0 Å². The number of anilines is 1. The van der Waals surface area contributed by atoms with E-state index in [2.05, 4.69) is 4.99 Å². The molecule has 1 aromatic carbocycles. The van der Waals surface area contributed by atoms with Gasteiger partial charge in [-0.2, -0.15) is 4.39 Å². The minimum Gasteiger partial charge on any atom is -0.388 e. The van der Waals surface area contributed by atoms with Crippen molar-refractivity contribution < 1.29 is 14.3 Å². The number of halogens is 2. The lowest BCUT2D eigenvalue weighted by molar-refractivity contribution is 0.149. The van der Waals surface area contributed by atoms with E-state index in [9.17, 15) is 14.3 Å². The fraction of sp³-hybridized carbons (Fsp3) is 0.400. The Labute approximate surface area is 168 Å². The Morgan fingerprint density at radius 1 is 1.32 bits per heavy atom. The van der Waals surface area contributed by atoms with Crippen LogP contribution in [0.5, 0.6) is 0 Å². The summed E-state index contributed by atoms with van der Waals surface area (Å²) in [6.45, 7) is 3.81. The third-order valence-corrected chi connectivity index (χ3v) is 5.16. The van der Waals surface area contributed by atoms with Gasteiger partial charge in [-0.15, -0.1) is 6.42 Å². The number of aliphatic hydroxyl groups excluding tert-OH is 1. The van der Waals surface area contributed by atoms with E-state index in [1.54, 1.807) is 39.8 Å². The molecule has 2 aliphatic heterocycles. The number of aliphatic imine (C=N–C) groups is 1. The van der Waals surface area contributed by atoms with Crippen LogP contribution in [0.15, 0.2) is 34.8 Å². The average molecular weight is 405 g/mol. The van der Waals surface area contributed by atoms with Crippen LogP contribution in [0.4, 0.5) is 14.9 Å². The lowest BCUT2D eigenvalue weighted by Crippen LogP contribution is -2.53. The summed E-state index contributed by atoms with van der Waals surface area (Å²) in [5.41, 5.74) is 1.33. The highest BCUT2D eigenvalue weighted by Gasteiger charge is 2.32. The second kappa shape index (κ2) is 8.63. The van der Waals surface area contributed by atoms with Crippen LogP contribution in [0.1, 0.15) is 25.0 Å². The van der Waals surface area contributed by atoms with E-state index in [4.69, 9.17) is 18.0 Å². The molecular formula is C20H22ClFN4O2. The van der Waals surface area contributed by atoms with Crippen LogP contribution < -0.4 is 4.90 Å². The predicted molar refractivity (Wildman–Crippen MR) is 108 cm³/mol. The molecule has 1 unspecified atom stereocenters. The van der Waals surface area contributed by atoms with E-state index in [0.717, 1.165) is 0 Å². The summed E-state index contributed by atoms with van der Waals surface area (Å²) in [6.07, 6.45) is 6.47. The van der Waals surface area contributed by atoms with Gasteiger partial charge >= 0.3 is 6.03 Å². The van der Waals surface area contributed by atoms with E-state index >= 15 is 0 Å². The molecule has 0 radical (unpaired) electrons. The number of hydrogen-bond acceptors (Lipinski definition) is 4. The summed E-state index contributed by atoms with van der Waals surface area (Å²) in [5, 5.41) is 10.8. The highest BCUT2D eigenvalue weighted by Crippen LogP contribution is 2.36. The zero-order chi connectivity index (χ0) is 20.3. The monoisotopic (exact) mass is 404 g/mol. The van der Waals surface area contributed by atoms with Crippen LogP contribution in [0.2, 0.25) is 5.02 Å². The van der Waals surface area contributed by atoms with Crippen LogP contribution in [-0.2, 0) is 0 Å². The van der Waals surface area contributed by atoms with E-state index in [1.807, 2.05) is 5.92 Å². The predicted octanol–water partition coefficient (Wildman–Crippen LogP) is 3.18. The van der Waals surface area contributed by atoms with E-state index in [1.165, 1.54) is 6.21 Å². The Hall–Kier alpha value is -2.56. The number of nitrogens with zero attached hydrogens (tertiary/aromatic N) is 4. The first kappa shape index (κ1) is 20.2. The number of piperazine rings is 1. The van der Waals surface area contributed by atoms with Crippen molar-refractivity contribution in [1.29, 1.82) is 0 Å². The number of rotatable bonds is 2. The smallest absolute Gasteiger partial charge is 0.324 e. The van der Waals surface area contributed by atoms with Gasteiger partial charge in [0.15, 0.2) is 5.82 Å². The van der Waals surface area contributed by atoms with Crippen molar-refractivity contribution >= 4 is 29.5 Å². The molecule has 0 aromatic heterocycles. The fourth-order valence-electron chi connectivity index (χ4n) is 3.51. The number of terminal acetylenes is 1. The molecular weight excluding hydrogens is 383 g/mol. The molecule has 1 atom stereocenters. The Balaban J connectivity index is 1.73. The Morgan fingerprint density at radius 2 is 2.00 bits per heavy atom. The summed E-state index contributed by atoms with van der Waals surface area (Å²) in [5.74, 6) is 1.40. The van der Waals surface area contributed by atoms with Crippen molar-refractivity contribution in [2.24, 2.45) is 4.99 Å². The zero-order valence-electron chi connectivity index (χ0n) is 15.6. The molecule has 2 amide bonds. The minimum absolute atomic E-state index is 0.123. The van der Waals surface area contributed by atoms with E-state index in [-0.39, 0.29) is 11.9 Å². The van der Waals surface area contributed by atoms with Crippen molar-refractivity contribution in [3.8, 4) is 12.3 Å². The number of carbonyl (C=O) groups excluding carboxylic acids is 1. The summed E-state index contributed by atoms with van der Waals surface area (Å²) in [7, 11) is 0. The van der Waals surface area contributed by atoms with Gasteiger partial charge in [-0.05, 0) is 37.5 Å². The zero-order valence-corrected chi connectivity index (χ0v) is 16.4. The third kappa shape index (κ3) is 3.98. The summed E-state index contributed by atoms with van der Waals surface area (Å²) in [4.78, 5) is 22.2. The largest absolute Gasteiger partial charge is 0.388 e. The molecule has 148 valence electrons. The van der Waals surface area contributed by atoms with Gasteiger partial charge in [-0.25, -0.2) is 9.79 Å². The Bertz CT molecular complexity index is 856. The topological polar surface area (TPSA) is 59.4 Å². The average Bonchev–Trinajstić information content (AvgIpc) is 2.72. The van der Waals surface area contributed by atoms with Crippen molar-refractivity contribution in [2.45, 2.75) is 19.4 Å². The summed E-state index contributed by atoms with van der Waals surface area (Å²) in [6, 6.07) is 5.02. The Kier molecular flexibility index (Phi) is 6.22. The number of benzene rings is 1. The molecule has 2 heterocycles. The molecule has 0 aliphatic carbocycles. The molecule has 3 rings (SSSR count). The molecule has 2 aliphatic rings. The highest BCUT2D eigenvalue weighted by atomic mass is 35.5. The van der Waals surface area contributed by atoms with Crippen LogP contribution >= 0.6 is 11.6 Å². The number of aliphatic hydroxyl groups is 1. The SMILES string of the molecule is C#C/C(F)=C(\N=C/C)N1CCN(C(=O)N2CCC(O)c3cc(Cl)ccc32)CC1. The van der Waals surface area contributed by atoms with Gasteiger partial charge in [-0.3, -0.25) is 4.90 Å². The molecule has 28 heavy (non-hydrogen) atoms. The van der Waals surface area contributed by atoms with Gasteiger partial charge in [-0.1, -0.05) is 11.6 Å².